The minimum Gasteiger partial charge on any atom is -0.385 e. The van der Waals surface area contributed by atoms with Crippen LogP contribution >= 0.6 is 0 Å². The highest BCUT2D eigenvalue weighted by molar-refractivity contribution is 5.81. The van der Waals surface area contributed by atoms with E-state index in [9.17, 15) is 9.90 Å². The van der Waals surface area contributed by atoms with E-state index in [1.165, 1.54) is 0 Å². The molecule has 1 unspecified atom stereocenters. The van der Waals surface area contributed by atoms with Crippen molar-refractivity contribution >= 4 is 5.91 Å². The van der Waals surface area contributed by atoms with Crippen molar-refractivity contribution in [1.82, 2.24) is 9.88 Å². The molecule has 0 saturated carbocycles. The third kappa shape index (κ3) is 3.10. The zero-order valence-corrected chi connectivity index (χ0v) is 10.3. The van der Waals surface area contributed by atoms with Gasteiger partial charge in [0.2, 0.25) is 5.91 Å². The lowest BCUT2D eigenvalue weighted by atomic mass is 9.95. The van der Waals surface area contributed by atoms with E-state index in [1.807, 2.05) is 50.7 Å². The van der Waals surface area contributed by atoms with Gasteiger partial charge in [0.05, 0.1) is 0 Å². The first kappa shape index (κ1) is 12.8. The van der Waals surface area contributed by atoms with Crippen molar-refractivity contribution in [2.75, 3.05) is 6.54 Å². The van der Waals surface area contributed by atoms with Gasteiger partial charge in [0.1, 0.15) is 6.10 Å². The predicted octanol–water partition coefficient (Wildman–Crippen LogP) is 1.22. The maximum Gasteiger partial charge on any atom is 0.225 e. The quantitative estimate of drug-likeness (QED) is 0.811. The minimum absolute atomic E-state index is 0.0549. The Labute approximate surface area is 96.3 Å². The van der Waals surface area contributed by atoms with Crippen LogP contribution in [-0.2, 0) is 11.8 Å². The summed E-state index contributed by atoms with van der Waals surface area (Å²) in [4.78, 5) is 11.6. The van der Waals surface area contributed by atoms with Crippen LogP contribution in [0.5, 0.6) is 0 Å². The molecule has 0 aliphatic carbocycles. The maximum atomic E-state index is 11.6. The van der Waals surface area contributed by atoms with E-state index in [0.29, 0.717) is 0 Å². The summed E-state index contributed by atoms with van der Waals surface area (Å²) < 4.78 is 1.84. The SMILES string of the molecule is Cn1cccc1C(O)CNC(=O)C(C)(C)C. The Morgan fingerprint density at radius 3 is 2.62 bits per heavy atom. The van der Waals surface area contributed by atoms with E-state index >= 15 is 0 Å². The van der Waals surface area contributed by atoms with E-state index in [-0.39, 0.29) is 12.5 Å². The van der Waals surface area contributed by atoms with Gasteiger partial charge in [-0.25, -0.2) is 0 Å². The number of amides is 1. The maximum absolute atomic E-state index is 11.6. The highest BCUT2D eigenvalue weighted by Crippen LogP contribution is 2.15. The summed E-state index contributed by atoms with van der Waals surface area (Å²) in [5, 5.41) is 12.6. The molecule has 0 bridgehead atoms. The predicted molar refractivity (Wildman–Crippen MR) is 62.8 cm³/mol. The zero-order chi connectivity index (χ0) is 12.3. The van der Waals surface area contributed by atoms with Gasteiger partial charge in [-0.05, 0) is 12.1 Å². The van der Waals surface area contributed by atoms with Gasteiger partial charge in [-0.15, -0.1) is 0 Å². The van der Waals surface area contributed by atoms with Gasteiger partial charge >= 0.3 is 0 Å². The number of hydrogen-bond donors (Lipinski definition) is 2. The van der Waals surface area contributed by atoms with Gasteiger partial charge in [-0.1, -0.05) is 20.8 Å². The third-order valence-corrected chi connectivity index (χ3v) is 2.46. The third-order valence-electron chi connectivity index (χ3n) is 2.46. The van der Waals surface area contributed by atoms with Crippen LogP contribution in [0.3, 0.4) is 0 Å². The Morgan fingerprint density at radius 2 is 2.19 bits per heavy atom. The van der Waals surface area contributed by atoms with E-state index in [4.69, 9.17) is 0 Å². The van der Waals surface area contributed by atoms with Crippen LogP contribution < -0.4 is 5.32 Å². The average Bonchev–Trinajstić information content (AvgIpc) is 2.58. The molecule has 1 aromatic heterocycles. The lowest BCUT2D eigenvalue weighted by molar-refractivity contribution is -0.129. The smallest absolute Gasteiger partial charge is 0.225 e. The van der Waals surface area contributed by atoms with Gasteiger partial charge in [-0.3, -0.25) is 4.79 Å². The second-order valence-electron chi connectivity index (χ2n) is 5.02. The lowest BCUT2D eigenvalue weighted by Gasteiger charge is -2.19. The number of aliphatic hydroxyl groups is 1. The van der Waals surface area contributed by atoms with Crippen molar-refractivity contribution in [3.8, 4) is 0 Å². The largest absolute Gasteiger partial charge is 0.385 e. The fourth-order valence-electron chi connectivity index (χ4n) is 1.38. The van der Waals surface area contributed by atoms with Crippen molar-refractivity contribution < 1.29 is 9.90 Å². The summed E-state index contributed by atoms with van der Waals surface area (Å²) in [5.41, 5.74) is 0.378. The summed E-state index contributed by atoms with van der Waals surface area (Å²) in [6.45, 7) is 5.78. The fraction of sp³-hybridized carbons (Fsp3) is 0.583. The van der Waals surface area contributed by atoms with E-state index in [0.717, 1.165) is 5.69 Å². The van der Waals surface area contributed by atoms with Crippen LogP contribution in [0.15, 0.2) is 18.3 Å². The van der Waals surface area contributed by atoms with Crippen LogP contribution in [-0.4, -0.2) is 22.1 Å². The number of aryl methyl sites for hydroxylation is 1. The summed E-state index contributed by atoms with van der Waals surface area (Å²) in [6.07, 6.45) is 1.20. The lowest BCUT2D eigenvalue weighted by Crippen LogP contribution is -2.37. The molecule has 1 atom stereocenters. The monoisotopic (exact) mass is 224 g/mol. The topological polar surface area (TPSA) is 54.3 Å². The molecule has 0 saturated heterocycles. The Kier molecular flexibility index (Phi) is 3.75. The molecule has 1 amide bonds. The first-order valence-corrected chi connectivity index (χ1v) is 5.40. The average molecular weight is 224 g/mol. The summed E-state index contributed by atoms with van der Waals surface area (Å²) in [5.74, 6) is -0.0549. The van der Waals surface area contributed by atoms with Gasteiger partial charge in [0.15, 0.2) is 0 Å². The molecule has 0 fully saturated rings. The Hall–Kier alpha value is -1.29. The van der Waals surface area contributed by atoms with Crippen molar-refractivity contribution in [1.29, 1.82) is 0 Å². The van der Waals surface area contributed by atoms with Crippen LogP contribution in [0.2, 0.25) is 0 Å². The number of nitrogens with zero attached hydrogens (tertiary/aromatic N) is 1. The molecule has 2 N–H and O–H groups in total. The molecular weight excluding hydrogens is 204 g/mol. The van der Waals surface area contributed by atoms with E-state index < -0.39 is 11.5 Å². The Morgan fingerprint density at radius 1 is 1.56 bits per heavy atom. The van der Waals surface area contributed by atoms with Crippen LogP contribution in [0, 0.1) is 5.41 Å². The molecule has 0 radical (unpaired) electrons. The highest BCUT2D eigenvalue weighted by atomic mass is 16.3. The highest BCUT2D eigenvalue weighted by Gasteiger charge is 2.22. The molecule has 90 valence electrons. The Balaban J connectivity index is 2.51. The molecular formula is C12H20N2O2. The first-order chi connectivity index (χ1) is 7.32. The molecule has 1 aromatic rings. The van der Waals surface area contributed by atoms with Crippen molar-refractivity contribution in [2.24, 2.45) is 12.5 Å². The van der Waals surface area contributed by atoms with Crippen molar-refractivity contribution in [3.63, 3.8) is 0 Å². The van der Waals surface area contributed by atoms with Gasteiger partial charge < -0.3 is 15.0 Å². The molecule has 1 rings (SSSR count). The standard InChI is InChI=1S/C12H20N2O2/c1-12(2,3)11(16)13-8-10(15)9-6-5-7-14(9)4/h5-7,10,15H,8H2,1-4H3,(H,13,16). The normalized spacial score (nSPS) is 13.6. The van der Waals surface area contributed by atoms with Crippen LogP contribution in [0.4, 0.5) is 0 Å². The summed E-state index contributed by atoms with van der Waals surface area (Å²) in [6, 6.07) is 3.71. The second-order valence-corrected chi connectivity index (χ2v) is 5.02. The van der Waals surface area contributed by atoms with E-state index in [1.54, 1.807) is 0 Å². The van der Waals surface area contributed by atoms with Gasteiger partial charge in [0.25, 0.3) is 0 Å². The molecule has 0 aromatic carbocycles. The summed E-state index contributed by atoms with van der Waals surface area (Å²) >= 11 is 0. The molecule has 0 aliphatic heterocycles. The molecule has 1 heterocycles. The van der Waals surface area contributed by atoms with Crippen molar-refractivity contribution in [2.45, 2.75) is 26.9 Å². The number of hydrogen-bond acceptors (Lipinski definition) is 2. The first-order valence-electron chi connectivity index (χ1n) is 5.40. The number of aliphatic hydroxyl groups excluding tert-OH is 1. The molecule has 4 heteroatoms. The second kappa shape index (κ2) is 4.70. The summed E-state index contributed by atoms with van der Waals surface area (Å²) in [7, 11) is 1.87. The van der Waals surface area contributed by atoms with Gasteiger partial charge in [0, 0.05) is 30.9 Å². The number of carbonyl (C=O) groups excluding carboxylic acids is 1. The minimum atomic E-state index is -0.661. The number of aromatic nitrogens is 1. The Bertz CT molecular complexity index is 363. The molecule has 4 nitrogen and oxygen atoms in total. The van der Waals surface area contributed by atoms with Crippen LogP contribution in [0.25, 0.3) is 0 Å². The van der Waals surface area contributed by atoms with Crippen LogP contribution in [0.1, 0.15) is 32.6 Å². The molecule has 0 aliphatic rings. The zero-order valence-electron chi connectivity index (χ0n) is 10.3. The fourth-order valence-corrected chi connectivity index (χ4v) is 1.38. The van der Waals surface area contributed by atoms with E-state index in [2.05, 4.69) is 5.32 Å². The van der Waals surface area contributed by atoms with Gasteiger partial charge in [-0.2, -0.15) is 0 Å². The van der Waals surface area contributed by atoms with Crippen molar-refractivity contribution in [3.05, 3.63) is 24.0 Å². The number of rotatable bonds is 3. The number of nitrogens with one attached hydrogen (secondary N) is 1. The number of carbonyl (C=O) groups is 1. The molecule has 0 spiro atoms. The molecule has 16 heavy (non-hydrogen) atoms.